The monoisotopic (exact) mass is 418 g/mol. The number of rotatable bonds is 5. The number of piperazine rings is 1. The Morgan fingerprint density at radius 3 is 2.55 bits per heavy atom. The number of H-pyrrole nitrogens is 1. The molecule has 3 rings (SSSR count). The highest BCUT2D eigenvalue weighted by atomic mass is 35.5. The van der Waals surface area contributed by atoms with E-state index in [9.17, 15) is 14.7 Å². The van der Waals surface area contributed by atoms with Crippen LogP contribution in [-0.2, 0) is 4.74 Å². The Labute approximate surface area is 173 Å². The molecular weight excluding hydrogens is 396 g/mol. The summed E-state index contributed by atoms with van der Waals surface area (Å²) < 4.78 is 5.11. The van der Waals surface area contributed by atoms with Crippen LogP contribution in [-0.4, -0.2) is 67.0 Å². The van der Waals surface area contributed by atoms with Gasteiger partial charge in [-0.1, -0.05) is 11.6 Å². The van der Waals surface area contributed by atoms with Crippen LogP contribution in [0.25, 0.3) is 0 Å². The molecule has 1 aliphatic rings. The standard InChI is InChI=1S/C20H23ClN4O4/c1-3-29-20(28)16-17(26)15(12-22-14-6-4-13(21)5-7-14)19(27)23-18(16)25-10-8-24(2)9-11-25/h4-7,12H,3,8-11H2,1-2H3,(H2,23,26,27). The highest BCUT2D eigenvalue weighted by Gasteiger charge is 2.28. The second kappa shape index (κ2) is 9.11. The number of hydrogen-bond donors (Lipinski definition) is 2. The molecule has 0 bridgehead atoms. The van der Waals surface area contributed by atoms with Gasteiger partial charge in [-0.05, 0) is 38.2 Å². The van der Waals surface area contributed by atoms with Crippen molar-refractivity contribution in [3.63, 3.8) is 0 Å². The zero-order valence-electron chi connectivity index (χ0n) is 16.3. The number of likely N-dealkylation sites (N-methyl/N-ethyl adjacent to an activating group) is 1. The van der Waals surface area contributed by atoms with Gasteiger partial charge in [-0.15, -0.1) is 0 Å². The van der Waals surface area contributed by atoms with Gasteiger partial charge in [0, 0.05) is 37.4 Å². The molecule has 0 spiro atoms. The van der Waals surface area contributed by atoms with Gasteiger partial charge in [0.2, 0.25) is 0 Å². The number of hydrogen-bond acceptors (Lipinski definition) is 7. The Morgan fingerprint density at radius 1 is 1.28 bits per heavy atom. The SMILES string of the molecule is CCOC(=O)c1c(N2CCN(C)CC2)[nH]c(=O)c(C=Nc2ccc(Cl)cc2)c1O. The number of carbonyl (C=O) groups is 1. The number of aromatic amines is 1. The van der Waals surface area contributed by atoms with E-state index in [0.29, 0.717) is 23.8 Å². The van der Waals surface area contributed by atoms with Crippen molar-refractivity contribution >= 4 is 35.3 Å². The number of esters is 1. The molecule has 29 heavy (non-hydrogen) atoms. The van der Waals surface area contributed by atoms with Gasteiger partial charge in [0.05, 0.1) is 12.3 Å². The lowest BCUT2D eigenvalue weighted by molar-refractivity contribution is 0.0523. The van der Waals surface area contributed by atoms with E-state index in [1.807, 2.05) is 11.9 Å². The van der Waals surface area contributed by atoms with Crippen molar-refractivity contribution in [2.45, 2.75) is 6.92 Å². The maximum absolute atomic E-state index is 12.7. The average Bonchev–Trinajstić information content (AvgIpc) is 2.69. The first-order chi connectivity index (χ1) is 13.9. The fourth-order valence-corrected chi connectivity index (χ4v) is 3.17. The number of ether oxygens (including phenoxy) is 1. The highest BCUT2D eigenvalue weighted by Crippen LogP contribution is 2.29. The van der Waals surface area contributed by atoms with Crippen LogP contribution in [0.3, 0.4) is 0 Å². The topological polar surface area (TPSA) is 98.2 Å². The summed E-state index contributed by atoms with van der Waals surface area (Å²) in [6.45, 7) is 4.58. The summed E-state index contributed by atoms with van der Waals surface area (Å²) in [5, 5.41) is 11.3. The Bertz CT molecular complexity index is 964. The Morgan fingerprint density at radius 2 is 1.93 bits per heavy atom. The number of anilines is 1. The summed E-state index contributed by atoms with van der Waals surface area (Å²) in [6, 6.07) is 6.68. The van der Waals surface area contributed by atoms with Crippen molar-refractivity contribution in [2.24, 2.45) is 4.99 Å². The molecule has 1 fully saturated rings. The molecule has 1 aliphatic heterocycles. The smallest absolute Gasteiger partial charge is 0.345 e. The Hall–Kier alpha value is -2.84. The van der Waals surface area contributed by atoms with E-state index in [0.717, 1.165) is 13.1 Å². The number of halogens is 1. The molecule has 0 saturated carbocycles. The van der Waals surface area contributed by atoms with Gasteiger partial charge in [0.25, 0.3) is 5.56 Å². The minimum absolute atomic E-state index is 0.0615. The maximum Gasteiger partial charge on any atom is 0.345 e. The minimum atomic E-state index is -0.698. The largest absolute Gasteiger partial charge is 0.506 e. The van der Waals surface area contributed by atoms with Crippen LogP contribution in [0.15, 0.2) is 34.1 Å². The van der Waals surface area contributed by atoms with Crippen molar-refractivity contribution < 1.29 is 14.6 Å². The van der Waals surface area contributed by atoms with Crippen LogP contribution in [0.4, 0.5) is 11.5 Å². The molecular formula is C20H23ClN4O4. The fraction of sp³-hybridized carbons (Fsp3) is 0.350. The van der Waals surface area contributed by atoms with Crippen LogP contribution < -0.4 is 10.5 Å². The zero-order chi connectivity index (χ0) is 21.0. The second-order valence-corrected chi connectivity index (χ2v) is 7.12. The first-order valence-electron chi connectivity index (χ1n) is 9.30. The molecule has 9 heteroatoms. The van der Waals surface area contributed by atoms with Crippen molar-refractivity contribution in [1.29, 1.82) is 0 Å². The summed E-state index contributed by atoms with van der Waals surface area (Å²) in [6.07, 6.45) is 1.23. The lowest BCUT2D eigenvalue weighted by Gasteiger charge is -2.34. The van der Waals surface area contributed by atoms with Crippen molar-refractivity contribution in [3.05, 3.63) is 50.8 Å². The molecule has 154 valence electrons. The van der Waals surface area contributed by atoms with Gasteiger partial charge >= 0.3 is 5.97 Å². The highest BCUT2D eigenvalue weighted by molar-refractivity contribution is 6.30. The van der Waals surface area contributed by atoms with Crippen LogP contribution in [0, 0.1) is 0 Å². The van der Waals surface area contributed by atoms with Crippen molar-refractivity contribution in [2.75, 3.05) is 44.7 Å². The van der Waals surface area contributed by atoms with Gasteiger partial charge in [0.15, 0.2) is 0 Å². The van der Waals surface area contributed by atoms with Gasteiger partial charge in [-0.25, -0.2) is 4.79 Å². The first-order valence-corrected chi connectivity index (χ1v) is 9.68. The molecule has 0 unspecified atom stereocenters. The lowest BCUT2D eigenvalue weighted by atomic mass is 10.1. The second-order valence-electron chi connectivity index (χ2n) is 6.69. The third kappa shape index (κ3) is 4.78. The average molecular weight is 419 g/mol. The third-order valence-corrected chi connectivity index (χ3v) is 4.93. The minimum Gasteiger partial charge on any atom is -0.506 e. The molecule has 0 aliphatic carbocycles. The normalized spacial score (nSPS) is 15.1. The summed E-state index contributed by atoms with van der Waals surface area (Å²) in [7, 11) is 2.00. The van der Waals surface area contributed by atoms with Gasteiger partial charge in [-0.2, -0.15) is 0 Å². The van der Waals surface area contributed by atoms with E-state index in [1.54, 1.807) is 31.2 Å². The van der Waals surface area contributed by atoms with E-state index < -0.39 is 17.3 Å². The fourth-order valence-electron chi connectivity index (χ4n) is 3.04. The van der Waals surface area contributed by atoms with Crippen LogP contribution >= 0.6 is 11.6 Å². The molecule has 0 radical (unpaired) electrons. The third-order valence-electron chi connectivity index (χ3n) is 4.67. The summed E-state index contributed by atoms with van der Waals surface area (Å²) in [5.74, 6) is -0.877. The van der Waals surface area contributed by atoms with Crippen LogP contribution in [0.2, 0.25) is 5.02 Å². The molecule has 0 atom stereocenters. The van der Waals surface area contributed by atoms with E-state index in [1.165, 1.54) is 6.21 Å². The molecule has 8 nitrogen and oxygen atoms in total. The summed E-state index contributed by atoms with van der Waals surface area (Å²) in [5.41, 5.74) is -0.161. The van der Waals surface area contributed by atoms with Gasteiger partial charge in [-0.3, -0.25) is 9.79 Å². The number of carbonyl (C=O) groups excluding carboxylic acids is 1. The number of aromatic hydroxyl groups is 1. The van der Waals surface area contributed by atoms with Crippen molar-refractivity contribution in [1.82, 2.24) is 9.88 Å². The lowest BCUT2D eigenvalue weighted by Crippen LogP contribution is -2.46. The number of aromatic nitrogens is 1. The number of benzene rings is 1. The summed E-state index contributed by atoms with van der Waals surface area (Å²) >= 11 is 5.86. The molecule has 2 heterocycles. The molecule has 2 aromatic rings. The van der Waals surface area contributed by atoms with Crippen LogP contribution in [0.5, 0.6) is 5.75 Å². The van der Waals surface area contributed by atoms with Gasteiger partial charge < -0.3 is 24.6 Å². The van der Waals surface area contributed by atoms with E-state index in [2.05, 4.69) is 14.9 Å². The maximum atomic E-state index is 12.7. The summed E-state index contributed by atoms with van der Waals surface area (Å²) in [4.78, 5) is 36.2. The van der Waals surface area contributed by atoms with E-state index >= 15 is 0 Å². The predicted molar refractivity (Wildman–Crippen MR) is 113 cm³/mol. The Balaban J connectivity index is 2.04. The molecule has 1 aromatic heterocycles. The molecule has 2 N–H and O–H groups in total. The first kappa shape index (κ1) is 20.9. The number of nitrogens with one attached hydrogen (secondary N) is 1. The van der Waals surface area contributed by atoms with E-state index in [-0.39, 0.29) is 23.6 Å². The predicted octanol–water partition coefficient (Wildman–Crippen LogP) is 2.41. The number of aliphatic imine (C=N–C) groups is 1. The van der Waals surface area contributed by atoms with Crippen molar-refractivity contribution in [3.8, 4) is 5.75 Å². The van der Waals surface area contributed by atoms with E-state index in [4.69, 9.17) is 16.3 Å². The number of nitrogens with zero attached hydrogens (tertiary/aromatic N) is 3. The molecule has 1 saturated heterocycles. The molecule has 1 aromatic carbocycles. The Kier molecular flexibility index (Phi) is 6.56. The van der Waals surface area contributed by atoms with Crippen LogP contribution in [0.1, 0.15) is 22.8 Å². The zero-order valence-corrected chi connectivity index (χ0v) is 17.1. The van der Waals surface area contributed by atoms with Gasteiger partial charge in [0.1, 0.15) is 22.7 Å². The molecule has 0 amide bonds. The number of pyridine rings is 1. The quantitative estimate of drug-likeness (QED) is 0.571.